The average molecular weight is 510 g/mol. The van der Waals surface area contributed by atoms with E-state index in [1.54, 1.807) is 17.5 Å². The molecule has 3 aromatic rings. The lowest BCUT2D eigenvalue weighted by Gasteiger charge is -2.10. The summed E-state index contributed by atoms with van der Waals surface area (Å²) < 4.78 is 2.06. The van der Waals surface area contributed by atoms with E-state index < -0.39 is 0 Å². The summed E-state index contributed by atoms with van der Waals surface area (Å²) >= 11 is 1.73. The largest absolute Gasteiger partial charge is 0.357 e. The lowest BCUT2D eigenvalue weighted by Crippen LogP contribution is -2.36. The molecular weight excluding hydrogens is 483 g/mol. The van der Waals surface area contributed by atoms with E-state index in [1.165, 1.54) is 16.0 Å². The lowest BCUT2D eigenvalue weighted by atomic mass is 10.1. The summed E-state index contributed by atoms with van der Waals surface area (Å²) in [5.41, 5.74) is 3.53. The topological polar surface area (TPSA) is 67.1 Å². The minimum atomic E-state index is 0. The Kier molecular flexibility index (Phi) is 8.91. The highest BCUT2D eigenvalue weighted by atomic mass is 127. The molecule has 0 spiro atoms. The van der Waals surface area contributed by atoms with Gasteiger partial charge in [0.2, 0.25) is 0 Å². The van der Waals surface area contributed by atoms with Crippen molar-refractivity contribution in [2.24, 2.45) is 4.99 Å². The molecule has 0 aliphatic carbocycles. The molecule has 0 aliphatic heterocycles. The van der Waals surface area contributed by atoms with Crippen LogP contribution in [0.4, 0.5) is 0 Å². The number of aryl methyl sites for hydroxylation is 2. The van der Waals surface area contributed by atoms with Gasteiger partial charge in [0, 0.05) is 30.4 Å². The Labute approximate surface area is 187 Å². The maximum Gasteiger partial charge on any atom is 0.191 e. The van der Waals surface area contributed by atoms with Crippen molar-refractivity contribution in [1.82, 2.24) is 25.2 Å². The number of thiazole rings is 1. The normalized spacial score (nSPS) is 11.2. The molecule has 2 N–H and O–H groups in total. The minimum absolute atomic E-state index is 0. The van der Waals surface area contributed by atoms with E-state index in [0.29, 0.717) is 13.1 Å². The van der Waals surface area contributed by atoms with Gasteiger partial charge in [-0.3, -0.25) is 0 Å². The Hall–Kier alpha value is -1.94. The number of hydrogen-bond donors (Lipinski definition) is 2. The third kappa shape index (κ3) is 6.59. The van der Waals surface area contributed by atoms with Gasteiger partial charge >= 0.3 is 0 Å². The van der Waals surface area contributed by atoms with Crippen molar-refractivity contribution in [3.63, 3.8) is 0 Å². The van der Waals surface area contributed by atoms with Crippen LogP contribution in [0, 0.1) is 13.8 Å². The summed E-state index contributed by atoms with van der Waals surface area (Å²) in [7, 11) is 0. The van der Waals surface area contributed by atoms with Crippen molar-refractivity contribution >= 4 is 41.3 Å². The van der Waals surface area contributed by atoms with Crippen LogP contribution >= 0.6 is 35.3 Å². The smallest absolute Gasteiger partial charge is 0.191 e. The molecule has 0 saturated heterocycles. The van der Waals surface area contributed by atoms with Gasteiger partial charge in [-0.1, -0.05) is 24.3 Å². The van der Waals surface area contributed by atoms with Crippen molar-refractivity contribution < 1.29 is 0 Å². The SMILES string of the molecule is CCNC(=NCc1cccc(Cn2ccnc2)c1)NCc1nc(C)c(C)s1.I. The van der Waals surface area contributed by atoms with Gasteiger partial charge in [-0.05, 0) is 31.9 Å². The van der Waals surface area contributed by atoms with E-state index in [1.807, 2.05) is 19.4 Å². The molecule has 150 valence electrons. The molecule has 0 unspecified atom stereocenters. The number of aromatic nitrogens is 3. The standard InChI is InChI=1S/C20H26N6S.HI/c1-4-22-20(24-12-19-25-15(2)16(3)27-19)23-11-17-6-5-7-18(10-17)13-26-9-8-21-14-26;/h5-10,14H,4,11-13H2,1-3H3,(H2,22,23,24);1H. The molecule has 0 amide bonds. The van der Waals surface area contributed by atoms with Gasteiger partial charge in [0.25, 0.3) is 0 Å². The summed E-state index contributed by atoms with van der Waals surface area (Å²) in [5.74, 6) is 0.808. The fourth-order valence-electron chi connectivity index (χ4n) is 2.70. The van der Waals surface area contributed by atoms with Gasteiger partial charge in [-0.25, -0.2) is 15.0 Å². The van der Waals surface area contributed by atoms with Gasteiger partial charge in [-0.2, -0.15) is 0 Å². The van der Waals surface area contributed by atoms with Crippen LogP contribution < -0.4 is 10.6 Å². The Morgan fingerprint density at radius 3 is 2.71 bits per heavy atom. The molecular formula is C20H27IN6S. The van der Waals surface area contributed by atoms with E-state index in [-0.39, 0.29) is 24.0 Å². The molecule has 6 nitrogen and oxygen atoms in total. The van der Waals surface area contributed by atoms with Crippen LogP contribution in [0.2, 0.25) is 0 Å². The highest BCUT2D eigenvalue weighted by molar-refractivity contribution is 14.0. The quantitative estimate of drug-likeness (QED) is 0.288. The number of hydrogen-bond acceptors (Lipinski definition) is 4. The van der Waals surface area contributed by atoms with Crippen molar-refractivity contribution in [3.8, 4) is 0 Å². The third-order valence-corrected chi connectivity index (χ3v) is 5.23. The first-order valence-electron chi connectivity index (χ1n) is 9.12. The summed E-state index contributed by atoms with van der Waals surface area (Å²) in [6.45, 7) is 9.18. The second-order valence-electron chi connectivity index (χ2n) is 6.35. The first-order chi connectivity index (χ1) is 13.1. The number of guanidine groups is 1. The number of halogens is 1. The van der Waals surface area contributed by atoms with Gasteiger partial charge in [0.05, 0.1) is 25.1 Å². The van der Waals surface area contributed by atoms with Crippen LogP contribution in [0.5, 0.6) is 0 Å². The van der Waals surface area contributed by atoms with Gasteiger partial charge in [0.15, 0.2) is 5.96 Å². The van der Waals surface area contributed by atoms with Crippen LogP contribution in [-0.2, 0) is 19.6 Å². The number of nitrogens with one attached hydrogen (secondary N) is 2. The van der Waals surface area contributed by atoms with E-state index in [9.17, 15) is 0 Å². The predicted molar refractivity (Wildman–Crippen MR) is 126 cm³/mol. The number of rotatable bonds is 7. The monoisotopic (exact) mass is 510 g/mol. The van der Waals surface area contributed by atoms with Crippen LogP contribution in [-0.4, -0.2) is 27.0 Å². The Bertz CT molecular complexity index is 869. The van der Waals surface area contributed by atoms with Crippen LogP contribution in [0.1, 0.15) is 33.6 Å². The van der Waals surface area contributed by atoms with Gasteiger partial charge < -0.3 is 15.2 Å². The Balaban J connectivity index is 0.00000280. The summed E-state index contributed by atoms with van der Waals surface area (Å²) in [4.78, 5) is 14.7. The number of aliphatic imine (C=N–C) groups is 1. The van der Waals surface area contributed by atoms with Gasteiger partial charge in [-0.15, -0.1) is 35.3 Å². The second-order valence-corrected chi connectivity index (χ2v) is 7.64. The maximum absolute atomic E-state index is 4.72. The molecule has 28 heavy (non-hydrogen) atoms. The molecule has 0 fully saturated rings. The zero-order valence-corrected chi connectivity index (χ0v) is 19.6. The maximum atomic E-state index is 4.72. The molecule has 0 aliphatic rings. The van der Waals surface area contributed by atoms with Gasteiger partial charge in [0.1, 0.15) is 5.01 Å². The van der Waals surface area contributed by atoms with Crippen LogP contribution in [0.15, 0.2) is 48.0 Å². The molecule has 8 heteroatoms. The molecule has 0 bridgehead atoms. The van der Waals surface area contributed by atoms with Crippen molar-refractivity contribution in [2.75, 3.05) is 6.54 Å². The van der Waals surface area contributed by atoms with E-state index in [4.69, 9.17) is 4.99 Å². The van der Waals surface area contributed by atoms with Crippen molar-refractivity contribution in [1.29, 1.82) is 0 Å². The van der Waals surface area contributed by atoms with E-state index in [0.717, 1.165) is 29.8 Å². The minimum Gasteiger partial charge on any atom is -0.357 e. The summed E-state index contributed by atoms with van der Waals surface area (Å²) in [6, 6.07) is 8.51. The molecule has 1 aromatic carbocycles. The number of nitrogens with zero attached hydrogens (tertiary/aromatic N) is 4. The Morgan fingerprint density at radius 1 is 1.21 bits per heavy atom. The third-order valence-electron chi connectivity index (χ3n) is 4.16. The van der Waals surface area contributed by atoms with E-state index >= 15 is 0 Å². The second kappa shape index (κ2) is 11.2. The fourth-order valence-corrected chi connectivity index (χ4v) is 3.58. The highest BCUT2D eigenvalue weighted by Crippen LogP contribution is 2.16. The van der Waals surface area contributed by atoms with E-state index in [2.05, 4.69) is 63.3 Å². The first kappa shape index (κ1) is 22.4. The highest BCUT2D eigenvalue weighted by Gasteiger charge is 2.05. The Morgan fingerprint density at radius 2 is 2.04 bits per heavy atom. The average Bonchev–Trinajstić information content (AvgIpc) is 3.28. The summed E-state index contributed by atoms with van der Waals surface area (Å²) in [5, 5.41) is 7.75. The molecule has 0 atom stereocenters. The molecule has 3 rings (SSSR count). The molecule has 2 aromatic heterocycles. The number of benzene rings is 1. The van der Waals surface area contributed by atoms with Crippen LogP contribution in [0.3, 0.4) is 0 Å². The predicted octanol–water partition coefficient (Wildman–Crippen LogP) is 3.88. The number of imidazole rings is 1. The summed E-state index contributed by atoms with van der Waals surface area (Å²) in [6.07, 6.45) is 5.61. The van der Waals surface area contributed by atoms with Crippen molar-refractivity contribution in [2.45, 2.75) is 40.4 Å². The van der Waals surface area contributed by atoms with Crippen molar-refractivity contribution in [3.05, 3.63) is 69.7 Å². The molecule has 0 saturated carbocycles. The molecule has 2 heterocycles. The zero-order valence-electron chi connectivity index (χ0n) is 16.5. The molecule has 0 radical (unpaired) electrons. The lowest BCUT2D eigenvalue weighted by molar-refractivity contribution is 0.793. The zero-order chi connectivity index (χ0) is 19.1. The first-order valence-corrected chi connectivity index (χ1v) is 9.94. The fraction of sp³-hybridized carbons (Fsp3) is 0.350. The van der Waals surface area contributed by atoms with Crippen LogP contribution in [0.25, 0.3) is 0 Å².